The third-order valence-electron chi connectivity index (χ3n) is 2.18. The zero-order valence-electron chi connectivity index (χ0n) is 8.45. The highest BCUT2D eigenvalue weighted by molar-refractivity contribution is 9.10. The lowest BCUT2D eigenvalue weighted by Crippen LogP contribution is -2.05. The standard InChI is InChI=1S/C10H9BrF2N2O/c1-2-15-9-6(5-14-15)3-7(11)4-8(9)16-10(12)13/h3-5,10H,2H2,1H3. The van der Waals surface area contributed by atoms with Gasteiger partial charge in [0.05, 0.1) is 6.20 Å². The van der Waals surface area contributed by atoms with E-state index in [4.69, 9.17) is 0 Å². The lowest BCUT2D eigenvalue weighted by Gasteiger charge is -2.08. The minimum atomic E-state index is -2.84. The van der Waals surface area contributed by atoms with Crippen molar-refractivity contribution in [2.24, 2.45) is 0 Å². The maximum atomic E-state index is 12.3. The van der Waals surface area contributed by atoms with Gasteiger partial charge in [-0.3, -0.25) is 4.68 Å². The molecule has 0 aliphatic rings. The fourth-order valence-electron chi connectivity index (χ4n) is 1.58. The average Bonchev–Trinajstić information content (AvgIpc) is 2.59. The molecule has 0 bridgehead atoms. The van der Waals surface area contributed by atoms with Crippen LogP contribution in [0.15, 0.2) is 22.8 Å². The Kier molecular flexibility index (Phi) is 3.09. The first-order valence-electron chi connectivity index (χ1n) is 4.71. The fourth-order valence-corrected chi connectivity index (χ4v) is 2.04. The Labute approximate surface area is 99.1 Å². The van der Waals surface area contributed by atoms with E-state index in [1.165, 1.54) is 6.07 Å². The Morgan fingerprint density at radius 1 is 1.50 bits per heavy atom. The van der Waals surface area contributed by atoms with Gasteiger partial charge in [0, 0.05) is 16.4 Å². The van der Waals surface area contributed by atoms with Crippen molar-refractivity contribution in [2.75, 3.05) is 0 Å². The molecule has 2 aromatic rings. The number of aryl methyl sites for hydroxylation is 1. The van der Waals surface area contributed by atoms with Gasteiger partial charge in [-0.15, -0.1) is 0 Å². The number of alkyl halides is 2. The van der Waals surface area contributed by atoms with Crippen LogP contribution in [-0.2, 0) is 6.54 Å². The van der Waals surface area contributed by atoms with Crippen LogP contribution in [0.5, 0.6) is 5.75 Å². The highest BCUT2D eigenvalue weighted by atomic mass is 79.9. The number of nitrogens with zero attached hydrogens (tertiary/aromatic N) is 2. The lowest BCUT2D eigenvalue weighted by molar-refractivity contribution is -0.0490. The molecular weight excluding hydrogens is 282 g/mol. The molecule has 0 unspecified atom stereocenters. The largest absolute Gasteiger partial charge is 0.432 e. The molecule has 0 aliphatic heterocycles. The van der Waals surface area contributed by atoms with Crippen molar-refractivity contribution in [3.63, 3.8) is 0 Å². The molecule has 0 saturated heterocycles. The molecule has 6 heteroatoms. The van der Waals surface area contributed by atoms with E-state index >= 15 is 0 Å². The predicted molar refractivity (Wildman–Crippen MR) is 59.7 cm³/mol. The third-order valence-corrected chi connectivity index (χ3v) is 2.64. The van der Waals surface area contributed by atoms with Crippen molar-refractivity contribution in [3.05, 3.63) is 22.8 Å². The van der Waals surface area contributed by atoms with Gasteiger partial charge in [-0.25, -0.2) is 0 Å². The molecule has 0 atom stereocenters. The summed E-state index contributed by atoms with van der Waals surface area (Å²) in [5.41, 5.74) is 0.589. The molecule has 0 saturated carbocycles. The first kappa shape index (κ1) is 11.3. The van der Waals surface area contributed by atoms with E-state index in [-0.39, 0.29) is 5.75 Å². The summed E-state index contributed by atoms with van der Waals surface area (Å²) in [6.07, 6.45) is 1.63. The number of benzene rings is 1. The van der Waals surface area contributed by atoms with E-state index in [2.05, 4.69) is 25.8 Å². The molecule has 0 spiro atoms. The maximum Gasteiger partial charge on any atom is 0.387 e. The van der Waals surface area contributed by atoms with E-state index in [9.17, 15) is 8.78 Å². The molecule has 0 N–H and O–H groups in total. The second kappa shape index (κ2) is 4.37. The topological polar surface area (TPSA) is 27.1 Å². The predicted octanol–water partition coefficient (Wildman–Crippen LogP) is 3.42. The molecule has 16 heavy (non-hydrogen) atoms. The Hall–Kier alpha value is -1.17. The van der Waals surface area contributed by atoms with Gasteiger partial charge >= 0.3 is 6.61 Å². The number of aromatic nitrogens is 2. The summed E-state index contributed by atoms with van der Waals surface area (Å²) in [7, 11) is 0. The molecule has 1 heterocycles. The van der Waals surface area contributed by atoms with E-state index in [0.717, 1.165) is 5.39 Å². The van der Waals surface area contributed by atoms with Crippen molar-refractivity contribution in [1.29, 1.82) is 0 Å². The van der Waals surface area contributed by atoms with Gasteiger partial charge in [-0.2, -0.15) is 13.9 Å². The Morgan fingerprint density at radius 2 is 2.25 bits per heavy atom. The first-order valence-corrected chi connectivity index (χ1v) is 5.51. The van der Waals surface area contributed by atoms with E-state index < -0.39 is 6.61 Å². The number of rotatable bonds is 3. The summed E-state index contributed by atoms with van der Waals surface area (Å²) in [4.78, 5) is 0. The SMILES string of the molecule is CCn1ncc2cc(Br)cc(OC(F)F)c21. The molecule has 3 nitrogen and oxygen atoms in total. The molecule has 0 fully saturated rings. The molecule has 0 aliphatic carbocycles. The number of ether oxygens (including phenoxy) is 1. The van der Waals surface area contributed by atoms with Gasteiger partial charge in [-0.1, -0.05) is 15.9 Å². The number of hydrogen-bond acceptors (Lipinski definition) is 2. The molecule has 2 rings (SSSR count). The minimum Gasteiger partial charge on any atom is -0.432 e. The van der Waals surface area contributed by atoms with Gasteiger partial charge < -0.3 is 4.74 Å². The molecule has 86 valence electrons. The molecule has 1 aromatic carbocycles. The van der Waals surface area contributed by atoms with Gasteiger partial charge in [0.1, 0.15) is 5.52 Å². The van der Waals surface area contributed by atoms with Crippen LogP contribution in [0.1, 0.15) is 6.92 Å². The summed E-state index contributed by atoms with van der Waals surface area (Å²) >= 11 is 3.24. The number of halogens is 3. The Morgan fingerprint density at radius 3 is 2.88 bits per heavy atom. The first-order chi connectivity index (χ1) is 7.61. The van der Waals surface area contributed by atoms with Crippen LogP contribution < -0.4 is 4.74 Å². The summed E-state index contributed by atoms with van der Waals surface area (Å²) in [6, 6.07) is 3.33. The summed E-state index contributed by atoms with van der Waals surface area (Å²) < 4.78 is 31.3. The van der Waals surface area contributed by atoms with E-state index in [1.54, 1.807) is 10.9 Å². The Bertz CT molecular complexity index is 513. The van der Waals surface area contributed by atoms with Crippen LogP contribution in [0.4, 0.5) is 8.78 Å². The number of fused-ring (bicyclic) bond motifs is 1. The zero-order chi connectivity index (χ0) is 11.7. The molecule has 0 radical (unpaired) electrons. The molecule has 1 aromatic heterocycles. The lowest BCUT2D eigenvalue weighted by atomic mass is 10.2. The van der Waals surface area contributed by atoms with Crippen molar-refractivity contribution in [3.8, 4) is 5.75 Å². The minimum absolute atomic E-state index is 0.138. The second-order valence-electron chi connectivity index (χ2n) is 3.18. The van der Waals surface area contributed by atoms with Gasteiger partial charge in [0.25, 0.3) is 0 Å². The van der Waals surface area contributed by atoms with Gasteiger partial charge in [-0.05, 0) is 19.1 Å². The average molecular weight is 291 g/mol. The zero-order valence-corrected chi connectivity index (χ0v) is 10.0. The van der Waals surface area contributed by atoms with Crippen LogP contribution in [0.2, 0.25) is 0 Å². The van der Waals surface area contributed by atoms with Crippen LogP contribution in [0.3, 0.4) is 0 Å². The fraction of sp³-hybridized carbons (Fsp3) is 0.300. The van der Waals surface area contributed by atoms with Crippen LogP contribution >= 0.6 is 15.9 Å². The highest BCUT2D eigenvalue weighted by Crippen LogP contribution is 2.31. The van der Waals surface area contributed by atoms with Crippen molar-refractivity contribution < 1.29 is 13.5 Å². The number of hydrogen-bond donors (Lipinski definition) is 0. The van der Waals surface area contributed by atoms with Gasteiger partial charge in [0.2, 0.25) is 0 Å². The smallest absolute Gasteiger partial charge is 0.387 e. The third kappa shape index (κ3) is 2.02. The monoisotopic (exact) mass is 290 g/mol. The summed E-state index contributed by atoms with van der Waals surface area (Å²) in [6.45, 7) is -0.344. The van der Waals surface area contributed by atoms with E-state index in [1.807, 2.05) is 13.0 Å². The summed E-state index contributed by atoms with van der Waals surface area (Å²) in [5.74, 6) is 0.138. The summed E-state index contributed by atoms with van der Waals surface area (Å²) in [5, 5.41) is 4.86. The van der Waals surface area contributed by atoms with Gasteiger partial charge in [0.15, 0.2) is 5.75 Å². The second-order valence-corrected chi connectivity index (χ2v) is 4.10. The molecule has 0 amide bonds. The van der Waals surface area contributed by atoms with Crippen molar-refractivity contribution >= 4 is 26.8 Å². The van der Waals surface area contributed by atoms with Crippen molar-refractivity contribution in [2.45, 2.75) is 20.1 Å². The van der Waals surface area contributed by atoms with E-state index in [0.29, 0.717) is 16.5 Å². The van der Waals surface area contributed by atoms with Crippen LogP contribution in [0.25, 0.3) is 10.9 Å². The normalized spacial score (nSPS) is 11.3. The molecular formula is C10H9BrF2N2O. The van der Waals surface area contributed by atoms with Crippen molar-refractivity contribution in [1.82, 2.24) is 9.78 Å². The van der Waals surface area contributed by atoms with Crippen LogP contribution in [0, 0.1) is 0 Å². The van der Waals surface area contributed by atoms with Crippen LogP contribution in [-0.4, -0.2) is 16.4 Å². The quantitative estimate of drug-likeness (QED) is 0.866. The highest BCUT2D eigenvalue weighted by Gasteiger charge is 2.13. The maximum absolute atomic E-state index is 12.3. The Balaban J connectivity index is 2.63.